The van der Waals surface area contributed by atoms with Crippen LogP contribution in [0, 0.1) is 11.7 Å². The maximum Gasteiger partial charge on any atom is 0.340 e. The number of hydrogen-bond donors (Lipinski definition) is 2. The summed E-state index contributed by atoms with van der Waals surface area (Å²) < 4.78 is 22.8. The third-order valence-corrected chi connectivity index (χ3v) is 3.11. The van der Waals surface area contributed by atoms with E-state index < -0.39 is 23.7 Å². The largest absolute Gasteiger partial charge is 0.465 e. The molecule has 1 aromatic carbocycles. The number of amides is 1. The van der Waals surface area contributed by atoms with Gasteiger partial charge in [-0.1, -0.05) is 0 Å². The van der Waals surface area contributed by atoms with E-state index in [1.54, 1.807) is 0 Å². The first-order valence-electron chi connectivity index (χ1n) is 6.05. The van der Waals surface area contributed by atoms with Crippen molar-refractivity contribution in [2.45, 2.75) is 6.04 Å². The molecule has 6 nitrogen and oxygen atoms in total. The summed E-state index contributed by atoms with van der Waals surface area (Å²) in [5.74, 6) is -2.19. The van der Waals surface area contributed by atoms with Gasteiger partial charge in [0.2, 0.25) is 5.91 Å². The number of esters is 1. The molecule has 1 aliphatic heterocycles. The fraction of sp³-hybridized carbons (Fsp3) is 0.385. The summed E-state index contributed by atoms with van der Waals surface area (Å²) in [6, 6.07) is 3.07. The molecule has 1 aromatic rings. The maximum absolute atomic E-state index is 13.2. The summed E-state index contributed by atoms with van der Waals surface area (Å²) in [5, 5.41) is 2.56. The van der Waals surface area contributed by atoms with E-state index in [1.807, 2.05) is 0 Å². The Labute approximate surface area is 115 Å². The molecule has 1 aliphatic rings. The van der Waals surface area contributed by atoms with Crippen molar-refractivity contribution in [2.24, 2.45) is 11.7 Å². The van der Waals surface area contributed by atoms with Gasteiger partial charge in [0.1, 0.15) is 5.82 Å². The summed E-state index contributed by atoms with van der Waals surface area (Å²) in [7, 11) is 1.18. The number of methoxy groups -OCH3 is 1. The zero-order chi connectivity index (χ0) is 14.7. The van der Waals surface area contributed by atoms with Gasteiger partial charge in [-0.3, -0.25) is 4.79 Å². The molecular weight excluding hydrogens is 267 g/mol. The van der Waals surface area contributed by atoms with Crippen LogP contribution in [0.25, 0.3) is 0 Å². The molecule has 1 amide bonds. The van der Waals surface area contributed by atoms with Crippen molar-refractivity contribution < 1.29 is 23.5 Å². The first-order valence-corrected chi connectivity index (χ1v) is 6.05. The zero-order valence-electron chi connectivity index (χ0n) is 10.9. The van der Waals surface area contributed by atoms with Crippen molar-refractivity contribution in [1.82, 2.24) is 0 Å². The van der Waals surface area contributed by atoms with Gasteiger partial charge in [-0.15, -0.1) is 0 Å². The van der Waals surface area contributed by atoms with Gasteiger partial charge in [0.25, 0.3) is 0 Å². The first kappa shape index (κ1) is 14.4. The number of nitrogens with one attached hydrogen (secondary N) is 1. The topological polar surface area (TPSA) is 90.6 Å². The van der Waals surface area contributed by atoms with Gasteiger partial charge in [-0.05, 0) is 18.2 Å². The second-order valence-electron chi connectivity index (χ2n) is 4.48. The molecule has 2 unspecified atom stereocenters. The number of carbonyl (C=O) groups is 2. The van der Waals surface area contributed by atoms with Crippen molar-refractivity contribution in [1.29, 1.82) is 0 Å². The number of ether oxygens (including phenoxy) is 2. The quantitative estimate of drug-likeness (QED) is 0.789. The summed E-state index contributed by atoms with van der Waals surface area (Å²) in [6.45, 7) is 0.535. The van der Waals surface area contributed by atoms with E-state index in [2.05, 4.69) is 10.1 Å². The number of halogens is 1. The highest BCUT2D eigenvalue weighted by Gasteiger charge is 2.32. The highest BCUT2D eigenvalue weighted by Crippen LogP contribution is 2.20. The van der Waals surface area contributed by atoms with Gasteiger partial charge < -0.3 is 20.5 Å². The van der Waals surface area contributed by atoms with Gasteiger partial charge in [-0.2, -0.15) is 0 Å². The Hall–Kier alpha value is -1.99. The predicted molar refractivity (Wildman–Crippen MR) is 68.7 cm³/mol. The summed E-state index contributed by atoms with van der Waals surface area (Å²) in [5.41, 5.74) is 5.88. The van der Waals surface area contributed by atoms with Crippen LogP contribution in [0.4, 0.5) is 10.1 Å². The average Bonchev–Trinajstić information content (AvgIpc) is 2.86. The molecule has 1 fully saturated rings. The highest BCUT2D eigenvalue weighted by atomic mass is 19.1. The Kier molecular flexibility index (Phi) is 4.31. The Morgan fingerprint density at radius 1 is 1.45 bits per heavy atom. The van der Waals surface area contributed by atoms with E-state index in [0.29, 0.717) is 6.61 Å². The Morgan fingerprint density at radius 2 is 2.20 bits per heavy atom. The Balaban J connectivity index is 2.20. The van der Waals surface area contributed by atoms with Crippen molar-refractivity contribution in [3.05, 3.63) is 29.6 Å². The van der Waals surface area contributed by atoms with Crippen LogP contribution in [0.15, 0.2) is 18.2 Å². The van der Waals surface area contributed by atoms with Gasteiger partial charge in [0, 0.05) is 6.04 Å². The van der Waals surface area contributed by atoms with E-state index in [0.717, 1.165) is 12.1 Å². The van der Waals surface area contributed by atoms with Crippen LogP contribution >= 0.6 is 0 Å². The van der Waals surface area contributed by atoms with Crippen molar-refractivity contribution in [3.8, 4) is 0 Å². The summed E-state index contributed by atoms with van der Waals surface area (Å²) in [6.07, 6.45) is 0. The predicted octanol–water partition coefficient (Wildman–Crippen LogP) is 0.524. The molecule has 1 heterocycles. The van der Waals surface area contributed by atoms with Crippen molar-refractivity contribution in [2.75, 3.05) is 25.6 Å². The van der Waals surface area contributed by atoms with Crippen LogP contribution in [0.3, 0.4) is 0 Å². The third-order valence-electron chi connectivity index (χ3n) is 3.11. The van der Waals surface area contributed by atoms with Crippen LogP contribution in [0.1, 0.15) is 10.4 Å². The number of anilines is 1. The molecule has 0 aromatic heterocycles. The minimum Gasteiger partial charge on any atom is -0.465 e. The molecule has 1 saturated heterocycles. The van der Waals surface area contributed by atoms with Gasteiger partial charge >= 0.3 is 5.97 Å². The fourth-order valence-corrected chi connectivity index (χ4v) is 1.97. The lowest BCUT2D eigenvalue weighted by atomic mass is 10.0. The number of benzene rings is 1. The van der Waals surface area contributed by atoms with E-state index in [-0.39, 0.29) is 23.8 Å². The molecule has 0 radical (unpaired) electrons. The number of hydrogen-bond acceptors (Lipinski definition) is 5. The van der Waals surface area contributed by atoms with E-state index in [1.165, 1.54) is 13.2 Å². The van der Waals surface area contributed by atoms with Crippen molar-refractivity contribution >= 4 is 17.6 Å². The fourth-order valence-electron chi connectivity index (χ4n) is 1.97. The average molecular weight is 282 g/mol. The molecular formula is C13H15FN2O4. The minimum absolute atomic E-state index is 0.0478. The monoisotopic (exact) mass is 282 g/mol. The molecule has 3 N–H and O–H groups in total. The van der Waals surface area contributed by atoms with Crippen LogP contribution in [-0.4, -0.2) is 38.2 Å². The standard InChI is InChI=1S/C13H15FN2O4/c1-19-13(18)8-4-7(14)2-3-11(8)16-12(17)9-5-20-6-10(9)15/h2-4,9-10H,5-6,15H2,1H3,(H,16,17). The molecule has 20 heavy (non-hydrogen) atoms. The summed E-state index contributed by atoms with van der Waals surface area (Å²) >= 11 is 0. The molecule has 0 spiro atoms. The van der Waals surface area contributed by atoms with Crippen molar-refractivity contribution in [3.63, 3.8) is 0 Å². The maximum atomic E-state index is 13.2. The second kappa shape index (κ2) is 5.98. The molecule has 2 rings (SSSR count). The normalized spacial score (nSPS) is 21.6. The lowest BCUT2D eigenvalue weighted by Gasteiger charge is -2.15. The molecule has 7 heteroatoms. The molecule has 2 atom stereocenters. The second-order valence-corrected chi connectivity index (χ2v) is 4.48. The van der Waals surface area contributed by atoms with E-state index in [9.17, 15) is 14.0 Å². The third kappa shape index (κ3) is 2.94. The van der Waals surface area contributed by atoms with Crippen LogP contribution in [-0.2, 0) is 14.3 Å². The lowest BCUT2D eigenvalue weighted by molar-refractivity contribution is -0.120. The first-order chi connectivity index (χ1) is 9.52. The molecule has 0 saturated carbocycles. The van der Waals surface area contributed by atoms with Gasteiger partial charge in [-0.25, -0.2) is 9.18 Å². The van der Waals surface area contributed by atoms with Crippen LogP contribution < -0.4 is 11.1 Å². The summed E-state index contributed by atoms with van der Waals surface area (Å²) in [4.78, 5) is 23.6. The SMILES string of the molecule is COC(=O)c1cc(F)ccc1NC(=O)C1COCC1N. The lowest BCUT2D eigenvalue weighted by Crippen LogP contribution is -2.37. The molecule has 0 aliphatic carbocycles. The number of nitrogens with two attached hydrogens (primary N) is 1. The van der Waals surface area contributed by atoms with Crippen LogP contribution in [0.2, 0.25) is 0 Å². The smallest absolute Gasteiger partial charge is 0.340 e. The minimum atomic E-state index is -0.730. The van der Waals surface area contributed by atoms with E-state index in [4.69, 9.17) is 10.5 Å². The van der Waals surface area contributed by atoms with Gasteiger partial charge in [0.05, 0.1) is 37.5 Å². The molecule has 0 bridgehead atoms. The van der Waals surface area contributed by atoms with E-state index >= 15 is 0 Å². The number of carbonyl (C=O) groups excluding carboxylic acids is 2. The zero-order valence-corrected chi connectivity index (χ0v) is 10.9. The van der Waals surface area contributed by atoms with Gasteiger partial charge in [0.15, 0.2) is 0 Å². The Bertz CT molecular complexity index is 535. The highest BCUT2D eigenvalue weighted by molar-refractivity contribution is 6.02. The Morgan fingerprint density at radius 3 is 2.80 bits per heavy atom. The molecule has 108 valence electrons. The van der Waals surface area contributed by atoms with Crippen LogP contribution in [0.5, 0.6) is 0 Å². The number of rotatable bonds is 3.